The maximum atomic E-state index is 13.7. The van der Waals surface area contributed by atoms with Crippen LogP contribution in [-0.4, -0.2) is 23.3 Å². The molecule has 0 bridgehead atoms. The van der Waals surface area contributed by atoms with Crippen LogP contribution in [0, 0.1) is 5.82 Å². The summed E-state index contributed by atoms with van der Waals surface area (Å²) < 4.78 is 13.7. The molecule has 4 rings (SSSR count). The minimum Gasteiger partial charge on any atom is -0.348 e. The number of nitrogens with one attached hydrogen (secondary N) is 1. The predicted molar refractivity (Wildman–Crippen MR) is 108 cm³/mol. The number of anilines is 1. The lowest BCUT2D eigenvalue weighted by Crippen LogP contribution is -2.36. The predicted octanol–water partition coefficient (Wildman–Crippen LogP) is 3.74. The lowest BCUT2D eigenvalue weighted by Gasteiger charge is -2.29. The van der Waals surface area contributed by atoms with Gasteiger partial charge in [0.05, 0.1) is 0 Å². The second-order valence-electron chi connectivity index (χ2n) is 6.89. The van der Waals surface area contributed by atoms with Gasteiger partial charge in [0.1, 0.15) is 11.5 Å². The Morgan fingerprint density at radius 3 is 2.72 bits per heavy atom. The summed E-state index contributed by atoms with van der Waals surface area (Å²) in [7, 11) is 0. The van der Waals surface area contributed by atoms with Crippen molar-refractivity contribution in [2.75, 3.05) is 11.4 Å². The van der Waals surface area contributed by atoms with Crippen molar-refractivity contribution in [3.8, 4) is 0 Å². The smallest absolute Gasteiger partial charge is 0.276 e. The number of hydrogen-bond acceptors (Lipinski definition) is 3. The second-order valence-corrected chi connectivity index (χ2v) is 6.89. The van der Waals surface area contributed by atoms with Crippen molar-refractivity contribution in [1.82, 2.24) is 10.3 Å². The third-order valence-corrected chi connectivity index (χ3v) is 4.99. The van der Waals surface area contributed by atoms with Crippen LogP contribution >= 0.6 is 0 Å². The van der Waals surface area contributed by atoms with Crippen molar-refractivity contribution in [3.05, 3.63) is 95.1 Å². The van der Waals surface area contributed by atoms with Gasteiger partial charge in [0.25, 0.3) is 11.8 Å². The van der Waals surface area contributed by atoms with Crippen LogP contribution in [0.15, 0.2) is 66.9 Å². The molecule has 0 saturated carbocycles. The first kappa shape index (κ1) is 18.8. The zero-order valence-corrected chi connectivity index (χ0v) is 15.8. The van der Waals surface area contributed by atoms with Gasteiger partial charge in [-0.2, -0.15) is 0 Å². The minimum absolute atomic E-state index is 0.0661. The van der Waals surface area contributed by atoms with E-state index in [4.69, 9.17) is 0 Å². The van der Waals surface area contributed by atoms with Gasteiger partial charge in [-0.25, -0.2) is 4.39 Å². The molecule has 0 atom stereocenters. The van der Waals surface area contributed by atoms with E-state index in [1.54, 1.807) is 23.1 Å². The monoisotopic (exact) mass is 389 g/mol. The summed E-state index contributed by atoms with van der Waals surface area (Å²) in [4.78, 5) is 31.4. The summed E-state index contributed by atoms with van der Waals surface area (Å²) in [5.74, 6) is -0.994. The molecule has 0 aliphatic carbocycles. The average molecular weight is 389 g/mol. The first-order valence-corrected chi connectivity index (χ1v) is 9.51. The van der Waals surface area contributed by atoms with Crippen LogP contribution in [0.5, 0.6) is 0 Å². The number of rotatable bonds is 4. The van der Waals surface area contributed by atoms with Crippen LogP contribution in [0.1, 0.15) is 38.4 Å². The summed E-state index contributed by atoms with van der Waals surface area (Å²) >= 11 is 0. The van der Waals surface area contributed by atoms with Crippen molar-refractivity contribution in [2.24, 2.45) is 0 Å². The number of para-hydroxylation sites is 1. The number of benzene rings is 2. The number of carbonyl (C=O) groups is 2. The van der Waals surface area contributed by atoms with Gasteiger partial charge in [-0.3, -0.25) is 14.6 Å². The zero-order valence-electron chi connectivity index (χ0n) is 15.8. The number of carbonyl (C=O) groups excluding carboxylic acids is 2. The van der Waals surface area contributed by atoms with Gasteiger partial charge in [-0.15, -0.1) is 0 Å². The summed E-state index contributed by atoms with van der Waals surface area (Å²) in [6.07, 6.45) is 3.26. The highest BCUT2D eigenvalue weighted by Crippen LogP contribution is 2.27. The van der Waals surface area contributed by atoms with Crippen molar-refractivity contribution in [1.29, 1.82) is 0 Å². The van der Waals surface area contributed by atoms with E-state index in [-0.39, 0.29) is 29.9 Å². The number of hydrogen-bond donors (Lipinski definition) is 1. The number of pyridine rings is 1. The SMILES string of the molecule is O=C(NCc1ccccc1F)c1ccnc(C(=O)N2CCCc3ccccc32)c1. The molecule has 2 heterocycles. The molecule has 0 saturated heterocycles. The van der Waals surface area contributed by atoms with Crippen molar-refractivity contribution < 1.29 is 14.0 Å². The van der Waals surface area contributed by atoms with E-state index in [9.17, 15) is 14.0 Å². The number of nitrogens with zero attached hydrogens (tertiary/aromatic N) is 2. The molecule has 6 heteroatoms. The number of fused-ring (bicyclic) bond motifs is 1. The van der Waals surface area contributed by atoms with Crippen molar-refractivity contribution >= 4 is 17.5 Å². The summed E-state index contributed by atoms with van der Waals surface area (Å²) in [6.45, 7) is 0.678. The molecule has 0 unspecified atom stereocenters. The molecule has 0 fully saturated rings. The molecule has 1 aliphatic heterocycles. The van der Waals surface area contributed by atoms with Gasteiger partial charge in [-0.05, 0) is 42.7 Å². The Kier molecular flexibility index (Phi) is 5.33. The fourth-order valence-electron chi connectivity index (χ4n) is 3.49. The molecule has 2 amide bonds. The minimum atomic E-state index is -0.385. The number of halogens is 1. The van der Waals surface area contributed by atoms with Crippen LogP contribution in [0.3, 0.4) is 0 Å². The van der Waals surface area contributed by atoms with E-state index in [2.05, 4.69) is 10.3 Å². The average Bonchev–Trinajstić information content (AvgIpc) is 2.77. The second kappa shape index (κ2) is 8.22. The van der Waals surface area contributed by atoms with Crippen molar-refractivity contribution in [3.63, 3.8) is 0 Å². The first-order chi connectivity index (χ1) is 14.1. The van der Waals surface area contributed by atoms with E-state index in [1.165, 1.54) is 24.4 Å². The summed E-state index contributed by atoms with van der Waals surface area (Å²) in [6, 6.07) is 17.1. The van der Waals surface area contributed by atoms with Gasteiger partial charge < -0.3 is 10.2 Å². The number of aryl methyl sites for hydroxylation is 1. The molecule has 2 aromatic carbocycles. The molecular formula is C23H20FN3O2. The standard InChI is InChI=1S/C23H20FN3O2/c24-19-9-3-1-7-18(19)15-26-22(28)17-11-12-25-20(14-17)23(29)27-13-5-8-16-6-2-4-10-21(16)27/h1-4,6-7,9-12,14H,5,8,13,15H2,(H,26,28). The third kappa shape index (κ3) is 4.01. The quantitative estimate of drug-likeness (QED) is 0.739. The highest BCUT2D eigenvalue weighted by molar-refractivity contribution is 6.07. The molecule has 1 aliphatic rings. The van der Waals surface area contributed by atoms with Gasteiger partial charge in [0.2, 0.25) is 0 Å². The Bertz CT molecular complexity index is 1070. The summed E-state index contributed by atoms with van der Waals surface area (Å²) in [5.41, 5.74) is 2.94. The van der Waals surface area contributed by atoms with Crippen LogP contribution in [0.2, 0.25) is 0 Å². The molecule has 1 N–H and O–H groups in total. The zero-order chi connectivity index (χ0) is 20.2. The molecule has 146 valence electrons. The largest absolute Gasteiger partial charge is 0.348 e. The molecule has 5 nitrogen and oxygen atoms in total. The van der Waals surface area contributed by atoms with Crippen molar-refractivity contribution in [2.45, 2.75) is 19.4 Å². The maximum absolute atomic E-state index is 13.7. The lowest BCUT2D eigenvalue weighted by molar-refractivity contribution is 0.0950. The van der Waals surface area contributed by atoms with Crippen LogP contribution < -0.4 is 10.2 Å². The molecule has 29 heavy (non-hydrogen) atoms. The Morgan fingerprint density at radius 1 is 1.07 bits per heavy atom. The van der Waals surface area contributed by atoms with E-state index >= 15 is 0 Å². The lowest BCUT2D eigenvalue weighted by atomic mass is 10.0. The molecule has 0 radical (unpaired) electrons. The van der Waals surface area contributed by atoms with Crippen LogP contribution in [0.25, 0.3) is 0 Å². The first-order valence-electron chi connectivity index (χ1n) is 9.51. The number of aromatic nitrogens is 1. The van der Waals surface area contributed by atoms with Crippen LogP contribution in [0.4, 0.5) is 10.1 Å². The van der Waals surface area contributed by atoms with E-state index in [1.807, 2.05) is 24.3 Å². The highest BCUT2D eigenvalue weighted by Gasteiger charge is 2.24. The Morgan fingerprint density at radius 2 is 1.86 bits per heavy atom. The highest BCUT2D eigenvalue weighted by atomic mass is 19.1. The topological polar surface area (TPSA) is 62.3 Å². The summed E-state index contributed by atoms with van der Waals surface area (Å²) in [5, 5.41) is 2.69. The fourth-order valence-corrected chi connectivity index (χ4v) is 3.49. The van der Waals surface area contributed by atoms with Gasteiger partial charge in [0, 0.05) is 36.1 Å². The van der Waals surface area contributed by atoms with E-state index in [0.29, 0.717) is 17.7 Å². The van der Waals surface area contributed by atoms with Gasteiger partial charge >= 0.3 is 0 Å². The molecule has 0 spiro atoms. The Hall–Kier alpha value is -3.54. The normalized spacial score (nSPS) is 12.9. The van der Waals surface area contributed by atoms with Gasteiger partial charge in [0.15, 0.2) is 0 Å². The fraction of sp³-hybridized carbons (Fsp3) is 0.174. The molecule has 3 aromatic rings. The molecular weight excluding hydrogens is 369 g/mol. The van der Waals surface area contributed by atoms with Crippen LogP contribution in [-0.2, 0) is 13.0 Å². The van der Waals surface area contributed by atoms with E-state index in [0.717, 1.165) is 24.1 Å². The molecule has 1 aromatic heterocycles. The van der Waals surface area contributed by atoms with E-state index < -0.39 is 0 Å². The van der Waals surface area contributed by atoms with Gasteiger partial charge in [-0.1, -0.05) is 36.4 Å². The number of amides is 2. The third-order valence-electron chi connectivity index (χ3n) is 4.99. The Balaban J connectivity index is 1.51. The maximum Gasteiger partial charge on any atom is 0.276 e. The Labute approximate surface area is 168 Å².